The predicted molar refractivity (Wildman–Crippen MR) is 79.3 cm³/mol. The van der Waals surface area contributed by atoms with Gasteiger partial charge in [-0.2, -0.15) is 0 Å². The second kappa shape index (κ2) is 5.96. The molecule has 0 bridgehead atoms. The number of carbonyl (C=O) groups is 2. The summed E-state index contributed by atoms with van der Waals surface area (Å²) in [5.74, 6) is 0.0191. The predicted octanol–water partition coefficient (Wildman–Crippen LogP) is 0.439. The van der Waals surface area contributed by atoms with Gasteiger partial charge in [0.2, 0.25) is 5.91 Å². The van der Waals surface area contributed by atoms with Crippen molar-refractivity contribution >= 4 is 11.8 Å². The summed E-state index contributed by atoms with van der Waals surface area (Å²) in [5, 5.41) is 12.0. The number of amides is 2. The number of hydrogen-bond donors (Lipinski definition) is 2. The van der Waals surface area contributed by atoms with Crippen LogP contribution in [0.15, 0.2) is 24.3 Å². The number of carbonyl (C=O) groups excluding carboxylic acids is 2. The summed E-state index contributed by atoms with van der Waals surface area (Å²) in [6, 6.07) is 6.66. The van der Waals surface area contributed by atoms with Crippen molar-refractivity contribution in [3.63, 3.8) is 0 Å². The lowest BCUT2D eigenvalue weighted by Crippen LogP contribution is -2.43. The first-order valence-corrected chi connectivity index (χ1v) is 7.55. The van der Waals surface area contributed by atoms with Gasteiger partial charge in [-0.05, 0) is 37.5 Å². The SMILES string of the molecule is CC1C[C@H](NC(=O)[C@@H]2CO2)C(=O)N1CCc1ccc(O)cc1. The molecule has 1 unspecified atom stereocenters. The number of benzene rings is 1. The van der Waals surface area contributed by atoms with E-state index in [9.17, 15) is 14.7 Å². The maximum absolute atomic E-state index is 12.4. The van der Waals surface area contributed by atoms with Crippen molar-refractivity contribution in [3.05, 3.63) is 29.8 Å². The van der Waals surface area contributed by atoms with Crippen LogP contribution in [0.25, 0.3) is 0 Å². The van der Waals surface area contributed by atoms with Crippen LogP contribution in [0.1, 0.15) is 18.9 Å². The van der Waals surface area contributed by atoms with Crippen LogP contribution in [0.3, 0.4) is 0 Å². The lowest BCUT2D eigenvalue weighted by atomic mass is 10.1. The van der Waals surface area contributed by atoms with E-state index >= 15 is 0 Å². The Labute approximate surface area is 129 Å². The van der Waals surface area contributed by atoms with Crippen molar-refractivity contribution < 1.29 is 19.4 Å². The number of aromatic hydroxyl groups is 1. The molecule has 0 aromatic heterocycles. The standard InChI is InChI=1S/C16H20N2O4/c1-10-8-13(17-15(20)14-9-22-14)16(21)18(10)7-6-11-2-4-12(19)5-3-11/h2-5,10,13-14,19H,6-9H2,1H3,(H,17,20)/t10?,13-,14-/m0/s1. The Hall–Kier alpha value is -2.08. The van der Waals surface area contributed by atoms with Crippen LogP contribution < -0.4 is 5.32 Å². The molecule has 0 saturated carbocycles. The highest BCUT2D eigenvalue weighted by atomic mass is 16.6. The molecule has 3 atom stereocenters. The van der Waals surface area contributed by atoms with Crippen molar-refractivity contribution in [2.75, 3.05) is 13.2 Å². The summed E-state index contributed by atoms with van der Waals surface area (Å²) in [5.41, 5.74) is 1.07. The van der Waals surface area contributed by atoms with Crippen LogP contribution in [0.4, 0.5) is 0 Å². The van der Waals surface area contributed by atoms with Gasteiger partial charge in [-0.15, -0.1) is 0 Å². The first-order valence-electron chi connectivity index (χ1n) is 7.55. The summed E-state index contributed by atoms with van der Waals surface area (Å²) in [7, 11) is 0. The van der Waals surface area contributed by atoms with Gasteiger partial charge in [0.25, 0.3) is 5.91 Å². The third-order valence-electron chi connectivity index (χ3n) is 4.21. The molecule has 6 nitrogen and oxygen atoms in total. The zero-order valence-electron chi connectivity index (χ0n) is 12.5. The zero-order valence-corrected chi connectivity index (χ0v) is 12.5. The molecule has 2 heterocycles. The van der Waals surface area contributed by atoms with Crippen molar-refractivity contribution in [3.8, 4) is 5.75 Å². The third kappa shape index (κ3) is 3.22. The number of epoxide rings is 1. The number of nitrogens with one attached hydrogen (secondary N) is 1. The Kier molecular flexibility index (Phi) is 4.02. The van der Waals surface area contributed by atoms with Gasteiger partial charge in [-0.25, -0.2) is 0 Å². The zero-order chi connectivity index (χ0) is 15.7. The van der Waals surface area contributed by atoms with Crippen LogP contribution in [-0.4, -0.2) is 53.2 Å². The number of ether oxygens (including phenoxy) is 1. The van der Waals surface area contributed by atoms with Crippen LogP contribution >= 0.6 is 0 Å². The Morgan fingerprint density at radius 1 is 1.41 bits per heavy atom. The van der Waals surface area contributed by atoms with Crippen LogP contribution in [-0.2, 0) is 20.7 Å². The molecular weight excluding hydrogens is 284 g/mol. The first-order chi connectivity index (χ1) is 10.5. The van der Waals surface area contributed by atoms with Gasteiger partial charge < -0.3 is 20.1 Å². The number of phenolic OH excluding ortho intramolecular Hbond substituents is 1. The van der Waals surface area contributed by atoms with Gasteiger partial charge in [-0.3, -0.25) is 9.59 Å². The molecule has 22 heavy (non-hydrogen) atoms. The van der Waals surface area contributed by atoms with Crippen molar-refractivity contribution in [2.24, 2.45) is 0 Å². The number of nitrogens with zero attached hydrogens (tertiary/aromatic N) is 1. The molecule has 2 amide bonds. The van der Waals surface area contributed by atoms with E-state index in [2.05, 4.69) is 5.32 Å². The molecule has 3 rings (SSSR count). The molecule has 0 aliphatic carbocycles. The van der Waals surface area contributed by atoms with E-state index in [0.29, 0.717) is 19.6 Å². The normalized spacial score (nSPS) is 27.0. The second-order valence-corrected chi connectivity index (χ2v) is 5.92. The van der Waals surface area contributed by atoms with Crippen LogP contribution in [0.2, 0.25) is 0 Å². The molecule has 2 aliphatic heterocycles. The summed E-state index contributed by atoms with van der Waals surface area (Å²) in [6.45, 7) is 3.05. The quantitative estimate of drug-likeness (QED) is 0.773. The Balaban J connectivity index is 1.55. The van der Waals surface area contributed by atoms with Crippen LogP contribution in [0.5, 0.6) is 5.75 Å². The number of rotatable bonds is 5. The first kappa shape index (κ1) is 14.8. The molecular formula is C16H20N2O4. The summed E-state index contributed by atoms with van der Waals surface area (Å²) < 4.78 is 4.93. The summed E-state index contributed by atoms with van der Waals surface area (Å²) >= 11 is 0. The fraction of sp³-hybridized carbons (Fsp3) is 0.500. The Morgan fingerprint density at radius 3 is 2.73 bits per heavy atom. The lowest BCUT2D eigenvalue weighted by molar-refractivity contribution is -0.133. The van der Waals surface area contributed by atoms with Gasteiger partial charge in [0.05, 0.1) is 6.61 Å². The Bertz CT molecular complexity index is 568. The smallest absolute Gasteiger partial charge is 0.252 e. The number of phenols is 1. The number of hydrogen-bond acceptors (Lipinski definition) is 4. The molecule has 1 aromatic carbocycles. The molecule has 2 aliphatic rings. The van der Waals surface area contributed by atoms with E-state index in [0.717, 1.165) is 12.0 Å². The molecule has 1 aromatic rings. The van der Waals surface area contributed by atoms with Crippen molar-refractivity contribution in [2.45, 2.75) is 38.0 Å². The maximum Gasteiger partial charge on any atom is 0.252 e. The minimum Gasteiger partial charge on any atom is -0.508 e. The highest BCUT2D eigenvalue weighted by Crippen LogP contribution is 2.21. The molecule has 6 heteroatoms. The van der Waals surface area contributed by atoms with E-state index < -0.39 is 6.04 Å². The third-order valence-corrected chi connectivity index (χ3v) is 4.21. The van der Waals surface area contributed by atoms with E-state index in [-0.39, 0.29) is 29.7 Å². The lowest BCUT2D eigenvalue weighted by Gasteiger charge is -2.21. The highest BCUT2D eigenvalue weighted by Gasteiger charge is 2.40. The average Bonchev–Trinajstić information content (AvgIpc) is 3.29. The van der Waals surface area contributed by atoms with E-state index in [4.69, 9.17) is 4.74 Å². The maximum atomic E-state index is 12.4. The summed E-state index contributed by atoms with van der Waals surface area (Å²) in [4.78, 5) is 25.9. The molecule has 118 valence electrons. The van der Waals surface area contributed by atoms with E-state index in [1.54, 1.807) is 12.1 Å². The van der Waals surface area contributed by atoms with E-state index in [1.165, 1.54) is 0 Å². The highest BCUT2D eigenvalue weighted by molar-refractivity contribution is 5.91. The molecule has 2 fully saturated rings. The molecule has 0 radical (unpaired) electrons. The van der Waals surface area contributed by atoms with Gasteiger partial charge in [0.1, 0.15) is 11.8 Å². The van der Waals surface area contributed by atoms with Gasteiger partial charge in [0, 0.05) is 12.6 Å². The minimum absolute atomic E-state index is 0.0275. The molecule has 2 saturated heterocycles. The fourth-order valence-corrected chi connectivity index (χ4v) is 2.81. The Morgan fingerprint density at radius 2 is 2.09 bits per heavy atom. The van der Waals surface area contributed by atoms with Gasteiger partial charge >= 0.3 is 0 Å². The van der Waals surface area contributed by atoms with E-state index in [1.807, 2.05) is 24.0 Å². The van der Waals surface area contributed by atoms with Gasteiger partial charge in [0.15, 0.2) is 6.10 Å². The summed E-state index contributed by atoms with van der Waals surface area (Å²) in [6.07, 6.45) is 0.990. The van der Waals surface area contributed by atoms with Crippen LogP contribution in [0, 0.1) is 0 Å². The molecule has 2 N–H and O–H groups in total. The topological polar surface area (TPSA) is 82.2 Å². The second-order valence-electron chi connectivity index (χ2n) is 5.92. The average molecular weight is 304 g/mol. The molecule has 0 spiro atoms. The fourth-order valence-electron chi connectivity index (χ4n) is 2.81. The minimum atomic E-state index is -0.438. The monoisotopic (exact) mass is 304 g/mol. The van der Waals surface area contributed by atoms with Crippen molar-refractivity contribution in [1.29, 1.82) is 0 Å². The largest absolute Gasteiger partial charge is 0.508 e. The van der Waals surface area contributed by atoms with Crippen molar-refractivity contribution in [1.82, 2.24) is 10.2 Å². The number of likely N-dealkylation sites (tertiary alicyclic amines) is 1. The van der Waals surface area contributed by atoms with Gasteiger partial charge in [-0.1, -0.05) is 12.1 Å².